The summed E-state index contributed by atoms with van der Waals surface area (Å²) in [4.78, 5) is 2.88. The van der Waals surface area contributed by atoms with Crippen molar-refractivity contribution in [2.24, 2.45) is 5.92 Å². The van der Waals surface area contributed by atoms with Crippen molar-refractivity contribution in [2.45, 2.75) is 46.0 Å². The van der Waals surface area contributed by atoms with Crippen molar-refractivity contribution in [2.75, 3.05) is 5.33 Å². The molecule has 0 bridgehead atoms. The van der Waals surface area contributed by atoms with E-state index in [2.05, 4.69) is 41.9 Å². The third-order valence-corrected chi connectivity index (χ3v) is 5.33. The Bertz CT molecular complexity index is 397. The molecule has 0 saturated heterocycles. The molecule has 1 fully saturated rings. The number of allylic oxidation sites excluding steroid dienone is 1. The molecule has 0 atom stereocenters. The Balaban J connectivity index is 2.19. The molecule has 2 rings (SSSR count). The van der Waals surface area contributed by atoms with Gasteiger partial charge in [0.25, 0.3) is 0 Å². The summed E-state index contributed by atoms with van der Waals surface area (Å²) < 4.78 is 0. The number of hydrogen-bond donors (Lipinski definition) is 0. The number of halogens is 1. The number of thiophene rings is 1. The zero-order valence-electron chi connectivity index (χ0n) is 10.8. The lowest BCUT2D eigenvalue weighted by Gasteiger charge is -2.23. The Morgan fingerprint density at radius 1 is 1.35 bits per heavy atom. The van der Waals surface area contributed by atoms with E-state index in [-0.39, 0.29) is 0 Å². The van der Waals surface area contributed by atoms with Crippen molar-refractivity contribution >= 4 is 33.3 Å². The molecule has 1 heterocycles. The number of hydrogen-bond acceptors (Lipinski definition) is 1. The summed E-state index contributed by atoms with van der Waals surface area (Å²) >= 11 is 5.58. The summed E-state index contributed by atoms with van der Waals surface area (Å²) in [6, 6.07) is 2.32. The molecule has 0 spiro atoms. The van der Waals surface area contributed by atoms with Gasteiger partial charge in [0.2, 0.25) is 0 Å². The minimum absolute atomic E-state index is 0.822. The SMILES string of the molecule is Cc1cc(C=C(CBr)C2CCCCC2)c(C)s1. The first-order valence-electron chi connectivity index (χ1n) is 6.54. The number of alkyl halides is 1. The van der Waals surface area contributed by atoms with Gasteiger partial charge >= 0.3 is 0 Å². The average molecular weight is 313 g/mol. The summed E-state index contributed by atoms with van der Waals surface area (Å²) in [7, 11) is 0. The topological polar surface area (TPSA) is 0 Å². The van der Waals surface area contributed by atoms with Crippen molar-refractivity contribution in [1.29, 1.82) is 0 Å². The molecule has 0 N–H and O–H groups in total. The molecule has 0 amide bonds. The average Bonchev–Trinajstić information content (AvgIpc) is 2.66. The summed E-state index contributed by atoms with van der Waals surface area (Å²) in [5, 5.41) is 1.03. The van der Waals surface area contributed by atoms with Gasteiger partial charge in [-0.05, 0) is 44.2 Å². The molecular weight excluding hydrogens is 292 g/mol. The van der Waals surface area contributed by atoms with Gasteiger partial charge in [-0.3, -0.25) is 0 Å². The van der Waals surface area contributed by atoms with Crippen molar-refractivity contribution in [3.8, 4) is 0 Å². The fourth-order valence-corrected chi connectivity index (χ4v) is 4.26. The monoisotopic (exact) mass is 312 g/mol. The summed E-state index contributed by atoms with van der Waals surface area (Å²) in [5.41, 5.74) is 3.04. The van der Waals surface area contributed by atoms with Gasteiger partial charge in [0.15, 0.2) is 0 Å². The summed E-state index contributed by atoms with van der Waals surface area (Å²) in [6.07, 6.45) is 9.47. The Kier molecular flexibility index (Phi) is 4.87. The highest BCUT2D eigenvalue weighted by Crippen LogP contribution is 2.33. The van der Waals surface area contributed by atoms with E-state index in [0.29, 0.717) is 0 Å². The highest BCUT2D eigenvalue weighted by Gasteiger charge is 2.17. The molecule has 0 nitrogen and oxygen atoms in total. The molecule has 17 heavy (non-hydrogen) atoms. The summed E-state index contributed by atoms with van der Waals surface area (Å²) in [6.45, 7) is 4.43. The van der Waals surface area contributed by atoms with Crippen molar-refractivity contribution in [3.05, 3.63) is 27.0 Å². The zero-order valence-corrected chi connectivity index (χ0v) is 13.2. The normalized spacial score (nSPS) is 18.6. The lowest BCUT2D eigenvalue weighted by Crippen LogP contribution is -2.10. The van der Waals surface area contributed by atoms with E-state index in [4.69, 9.17) is 0 Å². The first kappa shape index (κ1) is 13.4. The molecule has 1 aromatic heterocycles. The van der Waals surface area contributed by atoms with Crippen LogP contribution >= 0.6 is 27.3 Å². The van der Waals surface area contributed by atoms with Crippen LogP contribution in [0.2, 0.25) is 0 Å². The van der Waals surface area contributed by atoms with Crippen LogP contribution in [0.4, 0.5) is 0 Å². The predicted octanol–water partition coefficient (Wildman–Crippen LogP) is 5.72. The van der Waals surface area contributed by atoms with Crippen LogP contribution < -0.4 is 0 Å². The lowest BCUT2D eigenvalue weighted by molar-refractivity contribution is 0.405. The van der Waals surface area contributed by atoms with E-state index in [1.807, 2.05) is 11.3 Å². The molecule has 1 aromatic rings. The van der Waals surface area contributed by atoms with Gasteiger partial charge < -0.3 is 0 Å². The molecule has 1 saturated carbocycles. The van der Waals surface area contributed by atoms with Gasteiger partial charge in [-0.25, -0.2) is 0 Å². The third kappa shape index (κ3) is 3.45. The van der Waals surface area contributed by atoms with E-state index < -0.39 is 0 Å². The molecule has 0 radical (unpaired) electrons. The van der Waals surface area contributed by atoms with Crippen LogP contribution in [0.15, 0.2) is 11.6 Å². The maximum absolute atomic E-state index is 3.68. The van der Waals surface area contributed by atoms with Crippen LogP contribution in [0.5, 0.6) is 0 Å². The molecule has 1 aliphatic carbocycles. The van der Waals surface area contributed by atoms with E-state index >= 15 is 0 Å². The second kappa shape index (κ2) is 6.19. The maximum atomic E-state index is 3.68. The summed E-state index contributed by atoms with van der Waals surface area (Å²) in [5.74, 6) is 0.822. The molecule has 0 aromatic carbocycles. The second-order valence-electron chi connectivity index (χ2n) is 5.06. The smallest absolute Gasteiger partial charge is 0.0247 e. The largest absolute Gasteiger partial charge is 0.145 e. The van der Waals surface area contributed by atoms with Gasteiger partial charge in [0.1, 0.15) is 0 Å². The van der Waals surface area contributed by atoms with Gasteiger partial charge in [-0.1, -0.05) is 46.8 Å². The van der Waals surface area contributed by atoms with Crippen LogP contribution in [-0.4, -0.2) is 5.33 Å². The van der Waals surface area contributed by atoms with Crippen LogP contribution in [0.3, 0.4) is 0 Å². The zero-order chi connectivity index (χ0) is 12.3. The van der Waals surface area contributed by atoms with Gasteiger partial charge in [-0.2, -0.15) is 0 Å². The van der Waals surface area contributed by atoms with Crippen LogP contribution in [-0.2, 0) is 0 Å². The first-order valence-corrected chi connectivity index (χ1v) is 8.48. The molecule has 2 heteroatoms. The van der Waals surface area contributed by atoms with Crippen LogP contribution in [0.1, 0.15) is 47.4 Å². The van der Waals surface area contributed by atoms with Gasteiger partial charge in [0, 0.05) is 15.1 Å². The van der Waals surface area contributed by atoms with Gasteiger partial charge in [-0.15, -0.1) is 11.3 Å². The Morgan fingerprint density at radius 3 is 2.59 bits per heavy atom. The number of rotatable bonds is 3. The van der Waals surface area contributed by atoms with E-state index in [1.54, 1.807) is 5.57 Å². The fraction of sp³-hybridized carbons (Fsp3) is 0.600. The second-order valence-corrected chi connectivity index (χ2v) is 7.08. The quantitative estimate of drug-likeness (QED) is 0.626. The molecule has 0 aliphatic heterocycles. The van der Waals surface area contributed by atoms with E-state index in [1.165, 1.54) is 47.4 Å². The van der Waals surface area contributed by atoms with E-state index in [9.17, 15) is 0 Å². The van der Waals surface area contributed by atoms with Crippen molar-refractivity contribution < 1.29 is 0 Å². The maximum Gasteiger partial charge on any atom is 0.0247 e. The third-order valence-electron chi connectivity index (χ3n) is 3.70. The Labute approximate surface area is 117 Å². The molecular formula is C15H21BrS. The van der Waals surface area contributed by atoms with E-state index in [0.717, 1.165) is 11.2 Å². The highest BCUT2D eigenvalue weighted by molar-refractivity contribution is 9.09. The minimum Gasteiger partial charge on any atom is -0.145 e. The van der Waals surface area contributed by atoms with Crippen LogP contribution in [0, 0.1) is 19.8 Å². The number of aryl methyl sites for hydroxylation is 2. The van der Waals surface area contributed by atoms with Crippen molar-refractivity contribution in [1.82, 2.24) is 0 Å². The predicted molar refractivity (Wildman–Crippen MR) is 82.1 cm³/mol. The Morgan fingerprint density at radius 2 is 2.06 bits per heavy atom. The lowest BCUT2D eigenvalue weighted by atomic mass is 9.84. The van der Waals surface area contributed by atoms with Crippen LogP contribution in [0.25, 0.3) is 6.08 Å². The first-order chi connectivity index (χ1) is 8.20. The molecule has 1 aliphatic rings. The van der Waals surface area contributed by atoms with Gasteiger partial charge in [0.05, 0.1) is 0 Å². The Hall–Kier alpha value is -0.0800. The fourth-order valence-electron chi connectivity index (χ4n) is 2.73. The molecule has 94 valence electrons. The standard InChI is InChI=1S/C15H21BrS/c1-11-8-14(12(2)17-11)9-15(10-16)13-6-4-3-5-7-13/h8-9,13H,3-7,10H2,1-2H3. The van der Waals surface area contributed by atoms with Crippen molar-refractivity contribution in [3.63, 3.8) is 0 Å². The highest BCUT2D eigenvalue weighted by atomic mass is 79.9. The molecule has 0 unspecified atom stereocenters. The minimum atomic E-state index is 0.822.